The van der Waals surface area contributed by atoms with Crippen LogP contribution in [0.2, 0.25) is 0 Å². The molecule has 0 heterocycles. The van der Waals surface area contributed by atoms with Gasteiger partial charge in [0.2, 0.25) is 0 Å². The minimum atomic E-state index is -0.862. The van der Waals surface area contributed by atoms with Crippen LogP contribution in [0.1, 0.15) is 32.8 Å². The predicted octanol–water partition coefficient (Wildman–Crippen LogP) is 2.14. The molecule has 2 heteroatoms. The number of hydrogen-bond acceptors (Lipinski definition) is 2. The summed E-state index contributed by atoms with van der Waals surface area (Å²) < 4.78 is 0. The van der Waals surface area contributed by atoms with Crippen LogP contribution in [-0.2, 0) is 6.42 Å². The lowest BCUT2D eigenvalue weighted by Crippen LogP contribution is -2.37. The van der Waals surface area contributed by atoms with E-state index in [2.05, 4.69) is 0 Å². The number of rotatable bonds is 4. The topological polar surface area (TPSA) is 40.5 Å². The van der Waals surface area contributed by atoms with E-state index < -0.39 is 11.2 Å². The molecule has 15 heavy (non-hydrogen) atoms. The lowest BCUT2D eigenvalue weighted by molar-refractivity contribution is -0.0348. The van der Waals surface area contributed by atoms with Crippen molar-refractivity contribution in [1.82, 2.24) is 0 Å². The number of benzene rings is 1. The summed E-state index contributed by atoms with van der Waals surface area (Å²) in [6, 6.07) is 9.83. The van der Waals surface area contributed by atoms with Crippen LogP contribution in [0.3, 0.4) is 0 Å². The molecule has 0 saturated carbocycles. The zero-order valence-electron chi connectivity index (χ0n) is 9.70. The quantitative estimate of drug-likeness (QED) is 0.796. The maximum atomic E-state index is 10.1. The molecule has 0 saturated heterocycles. The fourth-order valence-corrected chi connectivity index (χ4v) is 2.03. The first-order valence-electron chi connectivity index (χ1n) is 5.27. The molecule has 84 valence electrons. The molecule has 1 atom stereocenters. The second-order valence-electron chi connectivity index (χ2n) is 5.15. The third-order valence-corrected chi connectivity index (χ3v) is 2.24. The minimum Gasteiger partial charge on any atom is -0.390 e. The maximum Gasteiger partial charge on any atom is 0.0687 e. The molecule has 0 radical (unpaired) electrons. The molecule has 0 aliphatic heterocycles. The normalized spacial score (nSPS) is 16.1. The first-order chi connectivity index (χ1) is 6.79. The smallest absolute Gasteiger partial charge is 0.0687 e. The Morgan fingerprint density at radius 2 is 1.53 bits per heavy atom. The van der Waals surface area contributed by atoms with E-state index in [0.29, 0.717) is 12.8 Å². The summed E-state index contributed by atoms with van der Waals surface area (Å²) in [4.78, 5) is 0. The summed E-state index contributed by atoms with van der Waals surface area (Å²) in [6.07, 6.45) is 0.937. The van der Waals surface area contributed by atoms with Gasteiger partial charge in [-0.05, 0) is 26.3 Å². The minimum absolute atomic E-state index is 0.370. The van der Waals surface area contributed by atoms with E-state index in [9.17, 15) is 10.2 Å². The van der Waals surface area contributed by atoms with Gasteiger partial charge in [-0.25, -0.2) is 0 Å². The van der Waals surface area contributed by atoms with E-state index in [1.54, 1.807) is 20.8 Å². The van der Waals surface area contributed by atoms with Crippen molar-refractivity contribution in [2.24, 2.45) is 0 Å². The molecule has 0 aromatic heterocycles. The SMILES string of the molecule is CC(C)(O)C[C@@](C)(O)Cc1ccccc1. The van der Waals surface area contributed by atoms with Gasteiger partial charge < -0.3 is 10.2 Å². The van der Waals surface area contributed by atoms with Gasteiger partial charge in [0.15, 0.2) is 0 Å². The molecule has 0 bridgehead atoms. The Kier molecular flexibility index (Phi) is 3.53. The average Bonchev–Trinajstić information content (AvgIpc) is 1.99. The van der Waals surface area contributed by atoms with Gasteiger partial charge in [0.25, 0.3) is 0 Å². The molecule has 1 aromatic rings. The van der Waals surface area contributed by atoms with Crippen LogP contribution in [0.25, 0.3) is 0 Å². The van der Waals surface area contributed by atoms with E-state index in [4.69, 9.17) is 0 Å². The second kappa shape index (κ2) is 4.33. The van der Waals surface area contributed by atoms with Gasteiger partial charge in [-0.3, -0.25) is 0 Å². The number of aliphatic hydroxyl groups is 2. The molecule has 0 aliphatic rings. The molecule has 0 aliphatic carbocycles. The highest BCUT2D eigenvalue weighted by Gasteiger charge is 2.28. The largest absolute Gasteiger partial charge is 0.390 e. The van der Waals surface area contributed by atoms with Crippen molar-refractivity contribution < 1.29 is 10.2 Å². The fourth-order valence-electron chi connectivity index (χ4n) is 2.03. The predicted molar refractivity (Wildman–Crippen MR) is 61.7 cm³/mol. The van der Waals surface area contributed by atoms with Crippen LogP contribution >= 0.6 is 0 Å². The zero-order valence-corrected chi connectivity index (χ0v) is 9.70. The summed E-state index contributed by atoms with van der Waals surface area (Å²) in [5.74, 6) is 0. The Morgan fingerprint density at radius 1 is 1.00 bits per heavy atom. The lowest BCUT2D eigenvalue weighted by atomic mass is 9.86. The average molecular weight is 208 g/mol. The number of hydrogen-bond donors (Lipinski definition) is 2. The summed E-state index contributed by atoms with van der Waals surface area (Å²) in [7, 11) is 0. The molecule has 1 aromatic carbocycles. The van der Waals surface area contributed by atoms with Crippen molar-refractivity contribution in [1.29, 1.82) is 0 Å². The molecule has 0 unspecified atom stereocenters. The van der Waals surface area contributed by atoms with E-state index >= 15 is 0 Å². The van der Waals surface area contributed by atoms with Crippen LogP contribution in [0, 0.1) is 0 Å². The van der Waals surface area contributed by atoms with Crippen LogP contribution < -0.4 is 0 Å². The van der Waals surface area contributed by atoms with E-state index in [-0.39, 0.29) is 0 Å². The van der Waals surface area contributed by atoms with Gasteiger partial charge in [-0.1, -0.05) is 30.3 Å². The summed E-state index contributed by atoms with van der Waals surface area (Å²) in [6.45, 7) is 5.19. The van der Waals surface area contributed by atoms with E-state index in [1.807, 2.05) is 30.3 Å². The van der Waals surface area contributed by atoms with Crippen LogP contribution in [0.5, 0.6) is 0 Å². The molecule has 0 spiro atoms. The molecule has 0 fully saturated rings. The van der Waals surface area contributed by atoms with Crippen LogP contribution in [0.4, 0.5) is 0 Å². The lowest BCUT2D eigenvalue weighted by Gasteiger charge is -2.30. The van der Waals surface area contributed by atoms with Crippen molar-refractivity contribution in [3.05, 3.63) is 35.9 Å². The molecule has 2 nitrogen and oxygen atoms in total. The van der Waals surface area contributed by atoms with Gasteiger partial charge in [0, 0.05) is 12.8 Å². The Labute approximate surface area is 91.6 Å². The van der Waals surface area contributed by atoms with Crippen molar-refractivity contribution >= 4 is 0 Å². The van der Waals surface area contributed by atoms with Crippen molar-refractivity contribution in [2.75, 3.05) is 0 Å². The Bertz CT molecular complexity index is 296. The molecular weight excluding hydrogens is 188 g/mol. The first kappa shape index (κ1) is 12.2. The van der Waals surface area contributed by atoms with Crippen molar-refractivity contribution in [3.63, 3.8) is 0 Å². The van der Waals surface area contributed by atoms with Gasteiger partial charge in [0.05, 0.1) is 11.2 Å². The Hall–Kier alpha value is -0.860. The summed E-state index contributed by atoms with van der Waals surface area (Å²) in [5.41, 5.74) is -0.607. The van der Waals surface area contributed by atoms with E-state index in [0.717, 1.165) is 5.56 Å². The molecule has 0 amide bonds. The van der Waals surface area contributed by atoms with Crippen LogP contribution in [-0.4, -0.2) is 21.4 Å². The van der Waals surface area contributed by atoms with Crippen LogP contribution in [0.15, 0.2) is 30.3 Å². The standard InChI is InChI=1S/C13H20O2/c1-12(2,14)10-13(3,15)9-11-7-5-4-6-8-11/h4-8,14-15H,9-10H2,1-3H3/t13-/m0/s1. The van der Waals surface area contributed by atoms with Crippen molar-refractivity contribution in [3.8, 4) is 0 Å². The highest BCUT2D eigenvalue weighted by molar-refractivity contribution is 5.16. The van der Waals surface area contributed by atoms with Gasteiger partial charge >= 0.3 is 0 Å². The van der Waals surface area contributed by atoms with Gasteiger partial charge in [-0.2, -0.15) is 0 Å². The Balaban J connectivity index is 2.65. The third-order valence-electron chi connectivity index (χ3n) is 2.24. The fraction of sp³-hybridized carbons (Fsp3) is 0.538. The first-order valence-corrected chi connectivity index (χ1v) is 5.27. The summed E-state index contributed by atoms with van der Waals surface area (Å²) in [5, 5.41) is 19.8. The van der Waals surface area contributed by atoms with Crippen molar-refractivity contribution in [2.45, 2.75) is 44.8 Å². The zero-order chi connectivity index (χ0) is 11.5. The second-order valence-corrected chi connectivity index (χ2v) is 5.15. The van der Waals surface area contributed by atoms with E-state index in [1.165, 1.54) is 0 Å². The third kappa shape index (κ3) is 4.96. The highest BCUT2D eigenvalue weighted by Crippen LogP contribution is 2.23. The Morgan fingerprint density at radius 3 is 2.00 bits per heavy atom. The summed E-state index contributed by atoms with van der Waals surface area (Å²) >= 11 is 0. The molecule has 1 rings (SSSR count). The van der Waals surface area contributed by atoms with Gasteiger partial charge in [0.1, 0.15) is 0 Å². The monoisotopic (exact) mass is 208 g/mol. The molecular formula is C13H20O2. The maximum absolute atomic E-state index is 10.1. The highest BCUT2D eigenvalue weighted by atomic mass is 16.3. The van der Waals surface area contributed by atoms with Gasteiger partial charge in [-0.15, -0.1) is 0 Å². The molecule has 2 N–H and O–H groups in total.